The van der Waals surface area contributed by atoms with E-state index in [1.807, 2.05) is 0 Å². The molecule has 0 radical (unpaired) electrons. The standard InChI is InChI=1S/C16H23N5O4/c1-3-18-13-11-15(14(21(23)24)10-12(13)16(17)22)25-9-8-20-6-4-19(2)5-7-20/h3,10-11H,4-9H2,1-2H3,(H2,17,22). The Morgan fingerprint density at radius 2 is 2.08 bits per heavy atom. The van der Waals surface area contributed by atoms with Gasteiger partial charge in [0.1, 0.15) is 6.61 Å². The molecule has 0 aromatic heterocycles. The lowest BCUT2D eigenvalue weighted by atomic mass is 10.1. The van der Waals surface area contributed by atoms with Crippen LogP contribution in [-0.4, -0.2) is 73.2 Å². The summed E-state index contributed by atoms with van der Waals surface area (Å²) in [5.41, 5.74) is 5.25. The molecule has 1 aliphatic rings. The number of hydrogen-bond acceptors (Lipinski definition) is 7. The van der Waals surface area contributed by atoms with Crippen LogP contribution in [0.4, 0.5) is 11.4 Å². The maximum absolute atomic E-state index is 11.5. The van der Waals surface area contributed by atoms with Gasteiger partial charge in [0, 0.05) is 51.1 Å². The Balaban J connectivity index is 2.13. The minimum absolute atomic E-state index is 0.00350. The van der Waals surface area contributed by atoms with Gasteiger partial charge in [-0.2, -0.15) is 0 Å². The van der Waals surface area contributed by atoms with Crippen LogP contribution in [0.2, 0.25) is 0 Å². The zero-order valence-corrected chi connectivity index (χ0v) is 14.5. The number of likely N-dealkylation sites (N-methyl/N-ethyl adjacent to an activating group) is 1. The van der Waals surface area contributed by atoms with Gasteiger partial charge in [-0.15, -0.1) is 0 Å². The second-order valence-corrected chi connectivity index (χ2v) is 5.84. The second kappa shape index (κ2) is 8.54. The van der Waals surface area contributed by atoms with Crippen LogP contribution in [0.25, 0.3) is 0 Å². The molecule has 1 heterocycles. The molecule has 0 unspecified atom stereocenters. The van der Waals surface area contributed by atoms with Crippen molar-refractivity contribution in [2.75, 3.05) is 46.4 Å². The number of benzene rings is 1. The number of primary amides is 1. The molecule has 2 rings (SSSR count). The molecular formula is C16H23N5O4. The molecule has 1 aromatic rings. The van der Waals surface area contributed by atoms with Crippen molar-refractivity contribution in [3.05, 3.63) is 27.8 Å². The molecule has 9 nitrogen and oxygen atoms in total. The number of nitro benzene ring substituents is 1. The summed E-state index contributed by atoms with van der Waals surface area (Å²) in [6.45, 7) is 6.53. The molecule has 0 bridgehead atoms. The highest BCUT2D eigenvalue weighted by molar-refractivity contribution is 5.99. The van der Waals surface area contributed by atoms with Crippen molar-refractivity contribution in [3.63, 3.8) is 0 Å². The fourth-order valence-corrected chi connectivity index (χ4v) is 2.62. The number of hydrogen-bond donors (Lipinski definition) is 1. The highest BCUT2D eigenvalue weighted by Crippen LogP contribution is 2.34. The van der Waals surface area contributed by atoms with Gasteiger partial charge in [-0.25, -0.2) is 0 Å². The Morgan fingerprint density at radius 1 is 1.40 bits per heavy atom. The van der Waals surface area contributed by atoms with E-state index < -0.39 is 10.8 Å². The summed E-state index contributed by atoms with van der Waals surface area (Å²) in [6.07, 6.45) is 1.49. The fourth-order valence-electron chi connectivity index (χ4n) is 2.62. The van der Waals surface area contributed by atoms with Crippen LogP contribution in [0.3, 0.4) is 0 Å². The van der Waals surface area contributed by atoms with E-state index in [4.69, 9.17) is 10.5 Å². The van der Waals surface area contributed by atoms with Gasteiger partial charge in [0.15, 0.2) is 5.75 Å². The fraction of sp³-hybridized carbons (Fsp3) is 0.500. The van der Waals surface area contributed by atoms with E-state index in [9.17, 15) is 14.9 Å². The summed E-state index contributed by atoms with van der Waals surface area (Å²) in [4.78, 5) is 30.7. The van der Waals surface area contributed by atoms with E-state index in [1.165, 1.54) is 12.3 Å². The van der Waals surface area contributed by atoms with Crippen molar-refractivity contribution in [3.8, 4) is 5.75 Å². The highest BCUT2D eigenvalue weighted by Gasteiger charge is 2.22. The largest absolute Gasteiger partial charge is 0.485 e. The van der Waals surface area contributed by atoms with E-state index in [1.54, 1.807) is 6.92 Å². The predicted octanol–water partition coefficient (Wildman–Crippen LogP) is 1.04. The van der Waals surface area contributed by atoms with Crippen LogP contribution >= 0.6 is 0 Å². The Hall–Kier alpha value is -2.52. The minimum atomic E-state index is -0.771. The van der Waals surface area contributed by atoms with Crippen molar-refractivity contribution < 1.29 is 14.5 Å². The topological polar surface area (TPSA) is 114 Å². The van der Waals surface area contributed by atoms with Crippen LogP contribution in [0.5, 0.6) is 5.75 Å². The number of aliphatic imine (C=N–C) groups is 1. The van der Waals surface area contributed by atoms with Crippen molar-refractivity contribution in [2.24, 2.45) is 10.7 Å². The molecule has 2 N–H and O–H groups in total. The molecule has 1 aromatic carbocycles. The number of carbonyl (C=O) groups excluding carboxylic acids is 1. The lowest BCUT2D eigenvalue weighted by molar-refractivity contribution is -0.385. The summed E-state index contributed by atoms with van der Waals surface area (Å²) < 4.78 is 5.63. The molecule has 1 amide bonds. The molecule has 0 aliphatic carbocycles. The summed E-state index contributed by atoms with van der Waals surface area (Å²) >= 11 is 0. The Bertz CT molecular complexity index is 669. The van der Waals surface area contributed by atoms with Gasteiger partial charge in [-0.3, -0.25) is 24.8 Å². The number of amides is 1. The number of piperazine rings is 1. The quantitative estimate of drug-likeness (QED) is 0.447. The van der Waals surface area contributed by atoms with Crippen LogP contribution < -0.4 is 10.5 Å². The van der Waals surface area contributed by atoms with Crippen LogP contribution in [-0.2, 0) is 0 Å². The Labute approximate surface area is 146 Å². The van der Waals surface area contributed by atoms with Crippen LogP contribution in [0.15, 0.2) is 17.1 Å². The molecule has 1 fully saturated rings. The molecule has 25 heavy (non-hydrogen) atoms. The first-order valence-electron chi connectivity index (χ1n) is 8.07. The van der Waals surface area contributed by atoms with Crippen LogP contribution in [0, 0.1) is 10.1 Å². The molecule has 1 saturated heterocycles. The monoisotopic (exact) mass is 349 g/mol. The molecule has 9 heteroatoms. The van der Waals surface area contributed by atoms with E-state index in [-0.39, 0.29) is 22.7 Å². The van der Waals surface area contributed by atoms with E-state index in [0.717, 1.165) is 32.2 Å². The normalized spacial score (nSPS) is 16.2. The maximum atomic E-state index is 11.5. The van der Waals surface area contributed by atoms with Gasteiger partial charge in [-0.05, 0) is 14.0 Å². The first-order chi connectivity index (χ1) is 11.9. The summed E-state index contributed by atoms with van der Waals surface area (Å²) in [5, 5.41) is 11.3. The molecule has 0 saturated carbocycles. The zero-order chi connectivity index (χ0) is 18.4. The average molecular weight is 349 g/mol. The SMILES string of the molecule is CC=Nc1cc(OCCN2CCN(C)CC2)c([N+](=O)[O-])cc1C(N)=O. The van der Waals surface area contributed by atoms with E-state index >= 15 is 0 Å². The summed E-state index contributed by atoms with van der Waals surface area (Å²) in [6, 6.07) is 2.51. The van der Waals surface area contributed by atoms with Gasteiger partial charge < -0.3 is 15.4 Å². The van der Waals surface area contributed by atoms with Crippen molar-refractivity contribution >= 4 is 23.5 Å². The third-order valence-electron chi connectivity index (χ3n) is 4.07. The lowest BCUT2D eigenvalue weighted by Crippen LogP contribution is -2.45. The number of ether oxygens (including phenoxy) is 1. The van der Waals surface area contributed by atoms with Gasteiger partial charge in [-0.1, -0.05) is 0 Å². The predicted molar refractivity (Wildman–Crippen MR) is 94.9 cm³/mol. The third kappa shape index (κ3) is 4.97. The number of carbonyl (C=O) groups is 1. The van der Waals surface area contributed by atoms with Gasteiger partial charge in [0.2, 0.25) is 0 Å². The van der Waals surface area contributed by atoms with Gasteiger partial charge in [0.25, 0.3) is 5.91 Å². The van der Waals surface area contributed by atoms with Crippen molar-refractivity contribution in [1.82, 2.24) is 9.80 Å². The average Bonchev–Trinajstić information content (AvgIpc) is 2.56. The molecule has 0 atom stereocenters. The zero-order valence-electron chi connectivity index (χ0n) is 14.5. The molecule has 136 valence electrons. The molecule has 0 spiro atoms. The first-order valence-corrected chi connectivity index (χ1v) is 8.07. The van der Waals surface area contributed by atoms with Gasteiger partial charge in [0.05, 0.1) is 16.2 Å². The number of nitro groups is 1. The Kier molecular flexibility index (Phi) is 6.43. The summed E-state index contributed by atoms with van der Waals surface area (Å²) in [7, 11) is 2.08. The summed E-state index contributed by atoms with van der Waals surface area (Å²) in [5.74, 6) is -0.683. The number of nitrogens with zero attached hydrogens (tertiary/aromatic N) is 4. The highest BCUT2D eigenvalue weighted by atomic mass is 16.6. The van der Waals surface area contributed by atoms with Crippen molar-refractivity contribution in [2.45, 2.75) is 6.92 Å². The first kappa shape index (κ1) is 18.8. The van der Waals surface area contributed by atoms with Crippen LogP contribution in [0.1, 0.15) is 17.3 Å². The van der Waals surface area contributed by atoms with E-state index in [2.05, 4.69) is 21.8 Å². The molecule has 1 aliphatic heterocycles. The number of rotatable bonds is 7. The third-order valence-corrected chi connectivity index (χ3v) is 4.07. The number of nitrogens with two attached hydrogens (primary N) is 1. The second-order valence-electron chi connectivity index (χ2n) is 5.84. The smallest absolute Gasteiger partial charge is 0.311 e. The maximum Gasteiger partial charge on any atom is 0.311 e. The van der Waals surface area contributed by atoms with E-state index in [0.29, 0.717) is 13.2 Å². The van der Waals surface area contributed by atoms with Gasteiger partial charge >= 0.3 is 5.69 Å². The Morgan fingerprint density at radius 3 is 2.64 bits per heavy atom. The minimum Gasteiger partial charge on any atom is -0.485 e. The molecular weight excluding hydrogens is 326 g/mol. The van der Waals surface area contributed by atoms with Crippen molar-refractivity contribution in [1.29, 1.82) is 0 Å². The lowest BCUT2D eigenvalue weighted by Gasteiger charge is -2.32.